The fourth-order valence-electron chi connectivity index (χ4n) is 5.11. The van der Waals surface area contributed by atoms with E-state index >= 15 is 0 Å². The van der Waals surface area contributed by atoms with Gasteiger partial charge in [-0.25, -0.2) is 28.4 Å². The van der Waals surface area contributed by atoms with Gasteiger partial charge in [0.15, 0.2) is 34.5 Å². The summed E-state index contributed by atoms with van der Waals surface area (Å²) in [5, 5.41) is 13.7. The minimum absolute atomic E-state index is 0.0573. The summed E-state index contributed by atoms with van der Waals surface area (Å²) in [6.45, 7) is 14.3. The summed E-state index contributed by atoms with van der Waals surface area (Å²) in [6, 6.07) is 8.52. The summed E-state index contributed by atoms with van der Waals surface area (Å²) in [5.74, 6) is -13.0. The Morgan fingerprint density at radius 2 is 1.13 bits per heavy atom. The van der Waals surface area contributed by atoms with Crippen molar-refractivity contribution >= 4 is 23.0 Å². The van der Waals surface area contributed by atoms with Crippen molar-refractivity contribution in [3.8, 4) is 34.8 Å². The maximum absolute atomic E-state index is 14.4. The van der Waals surface area contributed by atoms with Crippen LogP contribution in [0.1, 0.15) is 47.8 Å². The van der Waals surface area contributed by atoms with Gasteiger partial charge in [0.1, 0.15) is 11.4 Å². The van der Waals surface area contributed by atoms with Gasteiger partial charge in [0.25, 0.3) is 23.0 Å². The molecule has 0 aliphatic carbocycles. The highest BCUT2D eigenvalue weighted by Crippen LogP contribution is 2.38. The minimum atomic E-state index is -5.16. The van der Waals surface area contributed by atoms with Gasteiger partial charge in [0.05, 0.1) is 52.4 Å². The van der Waals surface area contributed by atoms with Crippen molar-refractivity contribution in [2.75, 3.05) is 14.2 Å². The number of hydrogen-bond acceptors (Lipinski definition) is 12. The summed E-state index contributed by atoms with van der Waals surface area (Å²) in [6.07, 6.45) is -9.02. The highest BCUT2D eigenvalue weighted by Gasteiger charge is 2.40. The van der Waals surface area contributed by atoms with Crippen LogP contribution >= 0.6 is 11.6 Å². The number of aromatic amines is 1. The molecule has 0 aliphatic heterocycles. The number of halogens is 13. The number of hydrogen-bond donors (Lipinski definition) is 1. The number of aromatic nitrogens is 8. The number of rotatable bonds is 11. The van der Waals surface area contributed by atoms with Crippen LogP contribution in [0.3, 0.4) is 0 Å². The third-order valence-corrected chi connectivity index (χ3v) is 8.62. The van der Waals surface area contributed by atoms with Gasteiger partial charge in [-0.2, -0.15) is 43.9 Å². The van der Waals surface area contributed by atoms with Gasteiger partial charge in [0, 0.05) is 25.0 Å². The molecule has 29 heteroatoms. The van der Waals surface area contributed by atoms with Gasteiger partial charge in [0.2, 0.25) is 34.6 Å². The maximum atomic E-state index is 14.4. The number of nitrogens with zero attached hydrogens (tertiary/aromatic N) is 9. The van der Waals surface area contributed by atoms with Crippen molar-refractivity contribution in [3.05, 3.63) is 150 Å². The SMILES string of the molecule is COc1nnc(C(C)(F)F)cc1CCl.[C-]#[N+]c1cccc(Oc2c(C(F)(F)F)nc[nH]c2=O)c1F.[C-]#[N+]c1cccc(Oc2c(C(F)(F)F)ncn(Cc3cc(C(C)(F)F)nnc3OC)c2=O)c1F. The van der Waals surface area contributed by atoms with E-state index in [0.29, 0.717) is 29.7 Å². The van der Waals surface area contributed by atoms with Crippen molar-refractivity contribution in [1.29, 1.82) is 0 Å². The minimum Gasteiger partial charge on any atom is -0.480 e. The molecule has 0 aliphatic rings. The molecular weight excluding hydrogens is 980 g/mol. The van der Waals surface area contributed by atoms with Gasteiger partial charge >= 0.3 is 12.4 Å². The molecule has 0 radical (unpaired) electrons. The van der Waals surface area contributed by atoms with E-state index in [-0.39, 0.29) is 23.2 Å². The van der Waals surface area contributed by atoms with Crippen molar-refractivity contribution in [1.82, 2.24) is 39.9 Å². The molecule has 0 saturated heterocycles. The van der Waals surface area contributed by atoms with E-state index in [0.717, 1.165) is 50.4 Å². The van der Waals surface area contributed by atoms with E-state index < -0.39 is 111 Å². The van der Waals surface area contributed by atoms with E-state index in [1.807, 2.05) is 4.98 Å². The Kier molecular flexibility index (Phi) is 16.9. The van der Waals surface area contributed by atoms with Crippen LogP contribution in [0.15, 0.2) is 70.8 Å². The molecule has 0 unspecified atom stereocenters. The smallest absolute Gasteiger partial charge is 0.437 e. The summed E-state index contributed by atoms with van der Waals surface area (Å²) in [5.41, 5.74) is -7.84. The highest BCUT2D eigenvalue weighted by molar-refractivity contribution is 6.17. The predicted molar refractivity (Wildman–Crippen MR) is 214 cm³/mol. The molecule has 0 atom stereocenters. The number of benzene rings is 2. The third-order valence-electron chi connectivity index (χ3n) is 8.33. The zero-order chi connectivity index (χ0) is 51.6. The lowest BCUT2D eigenvalue weighted by Crippen LogP contribution is -2.27. The molecular formula is C40H27ClF12N10O6. The summed E-state index contributed by atoms with van der Waals surface area (Å²) < 4.78 is 180. The van der Waals surface area contributed by atoms with Crippen molar-refractivity contribution in [2.24, 2.45) is 0 Å². The molecule has 4 aromatic heterocycles. The second-order valence-corrected chi connectivity index (χ2v) is 13.6. The first-order valence-electron chi connectivity index (χ1n) is 18.3. The summed E-state index contributed by atoms with van der Waals surface area (Å²) in [7, 11) is 2.52. The van der Waals surface area contributed by atoms with E-state index in [2.05, 4.69) is 40.1 Å². The molecule has 16 nitrogen and oxygen atoms in total. The molecule has 6 rings (SSSR count). The van der Waals surface area contributed by atoms with Gasteiger partial charge in [-0.05, 0) is 24.3 Å². The molecule has 4 heterocycles. The molecule has 0 fully saturated rings. The van der Waals surface area contributed by atoms with Gasteiger partial charge < -0.3 is 23.9 Å². The van der Waals surface area contributed by atoms with Crippen LogP contribution in [0.4, 0.5) is 64.1 Å². The second kappa shape index (κ2) is 21.7. The fourth-order valence-corrected chi connectivity index (χ4v) is 5.30. The molecule has 1 N–H and O–H groups in total. The van der Waals surface area contributed by atoms with Crippen LogP contribution in [0.5, 0.6) is 34.8 Å². The Bertz CT molecular complexity index is 3020. The predicted octanol–water partition coefficient (Wildman–Crippen LogP) is 10.3. The normalized spacial score (nSPS) is 11.5. The van der Waals surface area contributed by atoms with Crippen LogP contribution < -0.4 is 30.1 Å². The van der Waals surface area contributed by atoms with E-state index in [9.17, 15) is 62.3 Å². The van der Waals surface area contributed by atoms with Gasteiger partial charge in [-0.1, -0.05) is 24.3 Å². The quantitative estimate of drug-likeness (QED) is 0.0739. The average Bonchev–Trinajstić information content (AvgIpc) is 3.28. The largest absolute Gasteiger partial charge is 0.480 e. The second-order valence-electron chi connectivity index (χ2n) is 13.3. The number of methoxy groups -OCH3 is 2. The lowest BCUT2D eigenvalue weighted by atomic mass is 10.2. The zero-order valence-electron chi connectivity index (χ0n) is 35.1. The topological polar surface area (TPSA) is 178 Å². The Hall–Kier alpha value is -8.01. The average molecular weight is 1010 g/mol. The first-order chi connectivity index (χ1) is 32.2. The Balaban J connectivity index is 0.000000251. The van der Waals surface area contributed by atoms with Crippen LogP contribution in [-0.2, 0) is 36.6 Å². The highest BCUT2D eigenvalue weighted by atomic mass is 35.5. The van der Waals surface area contributed by atoms with Crippen molar-refractivity contribution in [3.63, 3.8) is 0 Å². The number of alkyl halides is 11. The fraction of sp³-hybridized carbons (Fsp3) is 0.250. The lowest BCUT2D eigenvalue weighted by Gasteiger charge is -2.16. The lowest BCUT2D eigenvalue weighted by molar-refractivity contribution is -0.143. The van der Waals surface area contributed by atoms with Crippen molar-refractivity contribution < 1.29 is 71.6 Å². The first-order valence-corrected chi connectivity index (χ1v) is 18.9. The number of nitrogens with one attached hydrogen (secondary N) is 1. The van der Waals surface area contributed by atoms with E-state index in [4.69, 9.17) is 43.7 Å². The number of ether oxygens (including phenoxy) is 4. The molecule has 364 valence electrons. The summed E-state index contributed by atoms with van der Waals surface area (Å²) in [4.78, 5) is 38.1. The Morgan fingerprint density at radius 3 is 1.57 bits per heavy atom. The van der Waals surface area contributed by atoms with Crippen molar-refractivity contribution in [2.45, 2.75) is 50.5 Å². The third kappa shape index (κ3) is 13.3. The van der Waals surface area contributed by atoms with Crippen LogP contribution in [0.2, 0.25) is 0 Å². The molecule has 0 amide bonds. The molecule has 0 saturated carbocycles. The number of H-pyrrole nitrogens is 1. The molecule has 2 aromatic carbocycles. The Labute approximate surface area is 383 Å². The van der Waals surface area contributed by atoms with E-state index in [1.165, 1.54) is 19.2 Å². The standard InChI is InChI=1S/C20H13F6N5O3.C12H5F4N3O2.C8H9ClF2N2O/c1-19(22,23)13-7-10(17(33-3)30-29-13)8-31-9-28-16(20(24,25)26)15(18(31)32)34-12-6-4-5-11(27-2)14(12)21;1-17-6-3-2-4-7(8(6)13)21-9-10(12(14,15)16)18-5-19-11(9)20;1-8(10,11)6-3-5(4-9)7(14-2)13-12-6/h4-7,9H,8H2,1,3H3;2-5H,(H,18,19,20);3H,4H2,1-2H3. The summed E-state index contributed by atoms with van der Waals surface area (Å²) >= 11 is 5.54. The van der Waals surface area contributed by atoms with E-state index in [1.54, 1.807) is 0 Å². The molecule has 6 aromatic rings. The van der Waals surface area contributed by atoms with Gasteiger partial charge in [-0.3, -0.25) is 14.2 Å². The monoisotopic (exact) mass is 1010 g/mol. The maximum Gasteiger partial charge on any atom is 0.437 e. The van der Waals surface area contributed by atoms with Crippen LogP contribution in [-0.4, -0.2) is 54.1 Å². The first kappa shape index (κ1) is 53.6. The Morgan fingerprint density at radius 1 is 0.681 bits per heavy atom. The molecule has 0 spiro atoms. The van der Waals surface area contributed by atoms with Gasteiger partial charge in [-0.15, -0.1) is 32.0 Å². The zero-order valence-corrected chi connectivity index (χ0v) is 35.8. The molecule has 69 heavy (non-hydrogen) atoms. The van der Waals surface area contributed by atoms with Crippen LogP contribution in [0.25, 0.3) is 9.69 Å². The molecule has 0 bridgehead atoms. The van der Waals surface area contributed by atoms with Crippen LogP contribution in [0, 0.1) is 24.8 Å².